The van der Waals surface area contributed by atoms with Gasteiger partial charge in [-0.1, -0.05) is 6.92 Å². The van der Waals surface area contributed by atoms with Crippen molar-refractivity contribution in [2.75, 3.05) is 18.0 Å². The number of rotatable bonds is 6. The van der Waals surface area contributed by atoms with Gasteiger partial charge < -0.3 is 10.6 Å². The van der Waals surface area contributed by atoms with Crippen molar-refractivity contribution in [1.29, 1.82) is 5.41 Å². The zero-order valence-corrected chi connectivity index (χ0v) is 10.3. The number of anilines is 1. The quantitative estimate of drug-likeness (QED) is 0.582. The standard InChI is InChI=1S/C13H20N4/c1-2-7-17(9-10-3-4-10)12-6-5-11(8-16-12)13(14)15/h5-6,8,10H,2-4,7,9H2,1H3,(H3,14,15). The molecule has 92 valence electrons. The third-order valence-electron chi connectivity index (χ3n) is 3.05. The van der Waals surface area contributed by atoms with Crippen LogP contribution in [0, 0.1) is 11.3 Å². The molecule has 0 aliphatic heterocycles. The van der Waals surface area contributed by atoms with Gasteiger partial charge in [0.2, 0.25) is 0 Å². The Bertz CT molecular complexity index is 381. The molecule has 0 atom stereocenters. The van der Waals surface area contributed by atoms with Gasteiger partial charge in [0, 0.05) is 24.8 Å². The Labute approximate surface area is 102 Å². The van der Waals surface area contributed by atoms with Gasteiger partial charge >= 0.3 is 0 Å². The molecule has 0 radical (unpaired) electrons. The minimum absolute atomic E-state index is 0.0771. The van der Waals surface area contributed by atoms with Gasteiger partial charge in [-0.05, 0) is 37.3 Å². The summed E-state index contributed by atoms with van der Waals surface area (Å²) in [5, 5.41) is 7.34. The van der Waals surface area contributed by atoms with Crippen LogP contribution in [0.4, 0.5) is 5.82 Å². The molecule has 0 amide bonds. The summed E-state index contributed by atoms with van der Waals surface area (Å²) in [5.41, 5.74) is 6.11. The maximum absolute atomic E-state index is 7.34. The highest BCUT2D eigenvalue weighted by Crippen LogP contribution is 2.31. The van der Waals surface area contributed by atoms with Gasteiger partial charge in [0.15, 0.2) is 0 Å². The molecule has 2 rings (SSSR count). The van der Waals surface area contributed by atoms with E-state index in [0.29, 0.717) is 5.56 Å². The van der Waals surface area contributed by atoms with Crippen LogP contribution in [-0.4, -0.2) is 23.9 Å². The predicted octanol–water partition coefficient (Wildman–Crippen LogP) is 1.99. The van der Waals surface area contributed by atoms with Crippen LogP contribution in [0.15, 0.2) is 18.3 Å². The average molecular weight is 232 g/mol. The first kappa shape index (κ1) is 11.9. The fraction of sp³-hybridized carbons (Fsp3) is 0.538. The van der Waals surface area contributed by atoms with E-state index < -0.39 is 0 Å². The molecule has 0 aromatic carbocycles. The molecule has 1 aromatic rings. The second-order valence-electron chi connectivity index (χ2n) is 4.71. The summed E-state index contributed by atoms with van der Waals surface area (Å²) in [6, 6.07) is 3.84. The van der Waals surface area contributed by atoms with Crippen molar-refractivity contribution in [3.05, 3.63) is 23.9 Å². The second-order valence-corrected chi connectivity index (χ2v) is 4.71. The lowest BCUT2D eigenvalue weighted by molar-refractivity contribution is 0.699. The lowest BCUT2D eigenvalue weighted by atomic mass is 10.2. The first-order chi connectivity index (χ1) is 8.20. The molecule has 0 unspecified atom stereocenters. The van der Waals surface area contributed by atoms with Crippen molar-refractivity contribution in [2.24, 2.45) is 11.7 Å². The Hall–Kier alpha value is -1.58. The third-order valence-corrected chi connectivity index (χ3v) is 3.05. The van der Waals surface area contributed by atoms with Gasteiger partial charge in [-0.25, -0.2) is 4.98 Å². The Balaban J connectivity index is 2.08. The van der Waals surface area contributed by atoms with Gasteiger partial charge in [-0.15, -0.1) is 0 Å². The van der Waals surface area contributed by atoms with E-state index in [0.717, 1.165) is 31.2 Å². The van der Waals surface area contributed by atoms with Crippen LogP contribution in [0.2, 0.25) is 0 Å². The first-order valence-electron chi connectivity index (χ1n) is 6.26. The minimum atomic E-state index is 0.0771. The molecular weight excluding hydrogens is 212 g/mol. The number of hydrogen-bond donors (Lipinski definition) is 2. The summed E-state index contributed by atoms with van der Waals surface area (Å²) >= 11 is 0. The first-order valence-corrected chi connectivity index (χ1v) is 6.26. The Morgan fingerprint density at radius 3 is 2.76 bits per heavy atom. The summed E-state index contributed by atoms with van der Waals surface area (Å²) in [7, 11) is 0. The van der Waals surface area contributed by atoms with Crippen LogP contribution >= 0.6 is 0 Å². The summed E-state index contributed by atoms with van der Waals surface area (Å²) in [6.07, 6.45) is 5.52. The fourth-order valence-corrected chi connectivity index (χ4v) is 1.91. The van der Waals surface area contributed by atoms with E-state index >= 15 is 0 Å². The molecule has 0 bridgehead atoms. The average Bonchev–Trinajstić information content (AvgIpc) is 3.13. The Kier molecular flexibility index (Phi) is 3.61. The summed E-state index contributed by atoms with van der Waals surface area (Å²) in [5.74, 6) is 1.94. The SMILES string of the molecule is CCCN(CC1CC1)c1ccc(C(=N)N)cn1. The molecular formula is C13H20N4. The van der Waals surface area contributed by atoms with Crippen molar-refractivity contribution in [3.8, 4) is 0 Å². The van der Waals surface area contributed by atoms with Crippen LogP contribution in [0.1, 0.15) is 31.7 Å². The van der Waals surface area contributed by atoms with Gasteiger partial charge in [0.1, 0.15) is 11.7 Å². The number of nitrogens with one attached hydrogen (secondary N) is 1. The Morgan fingerprint density at radius 1 is 1.53 bits per heavy atom. The van der Waals surface area contributed by atoms with Crippen LogP contribution in [0.25, 0.3) is 0 Å². The molecule has 1 aliphatic rings. The van der Waals surface area contributed by atoms with E-state index in [1.54, 1.807) is 6.20 Å². The number of pyridine rings is 1. The molecule has 1 heterocycles. The molecule has 1 aromatic heterocycles. The smallest absolute Gasteiger partial charge is 0.128 e. The second kappa shape index (κ2) is 5.17. The highest BCUT2D eigenvalue weighted by molar-refractivity contribution is 5.94. The van der Waals surface area contributed by atoms with Gasteiger partial charge in [-0.2, -0.15) is 0 Å². The molecule has 1 fully saturated rings. The number of nitrogens with zero attached hydrogens (tertiary/aromatic N) is 2. The maximum Gasteiger partial charge on any atom is 0.128 e. The molecule has 4 heteroatoms. The third kappa shape index (κ3) is 3.19. The Morgan fingerprint density at radius 2 is 2.29 bits per heavy atom. The normalized spacial score (nSPS) is 14.6. The largest absolute Gasteiger partial charge is 0.384 e. The number of hydrogen-bond acceptors (Lipinski definition) is 3. The van der Waals surface area contributed by atoms with Crippen LogP contribution in [0.3, 0.4) is 0 Å². The highest BCUT2D eigenvalue weighted by Gasteiger charge is 2.24. The summed E-state index contributed by atoms with van der Waals surface area (Å²) < 4.78 is 0. The van der Waals surface area contributed by atoms with Crippen LogP contribution < -0.4 is 10.6 Å². The zero-order chi connectivity index (χ0) is 12.3. The zero-order valence-electron chi connectivity index (χ0n) is 10.3. The van der Waals surface area contributed by atoms with Crippen LogP contribution in [0.5, 0.6) is 0 Å². The lowest BCUT2D eigenvalue weighted by Crippen LogP contribution is -2.27. The van der Waals surface area contributed by atoms with Crippen molar-refractivity contribution < 1.29 is 0 Å². The maximum atomic E-state index is 7.34. The van der Waals surface area contributed by atoms with E-state index in [1.165, 1.54) is 12.8 Å². The number of aromatic nitrogens is 1. The number of nitrogen functional groups attached to an aromatic ring is 1. The van der Waals surface area contributed by atoms with Crippen molar-refractivity contribution in [3.63, 3.8) is 0 Å². The molecule has 1 aliphatic carbocycles. The molecule has 17 heavy (non-hydrogen) atoms. The highest BCUT2D eigenvalue weighted by atomic mass is 15.2. The summed E-state index contributed by atoms with van der Waals surface area (Å²) in [6.45, 7) is 4.34. The molecule has 0 saturated heterocycles. The lowest BCUT2D eigenvalue weighted by Gasteiger charge is -2.23. The van der Waals surface area contributed by atoms with E-state index in [2.05, 4.69) is 16.8 Å². The van der Waals surface area contributed by atoms with Crippen molar-refractivity contribution in [2.45, 2.75) is 26.2 Å². The predicted molar refractivity (Wildman–Crippen MR) is 70.5 cm³/mol. The number of amidine groups is 1. The van der Waals surface area contributed by atoms with Crippen molar-refractivity contribution >= 4 is 11.7 Å². The van der Waals surface area contributed by atoms with E-state index in [4.69, 9.17) is 11.1 Å². The van der Waals surface area contributed by atoms with Crippen LogP contribution in [-0.2, 0) is 0 Å². The van der Waals surface area contributed by atoms with Crippen molar-refractivity contribution in [1.82, 2.24) is 4.98 Å². The molecule has 0 spiro atoms. The summed E-state index contributed by atoms with van der Waals surface area (Å²) in [4.78, 5) is 6.74. The number of nitrogens with two attached hydrogens (primary N) is 1. The van der Waals surface area contributed by atoms with Gasteiger partial charge in [0.05, 0.1) is 0 Å². The van der Waals surface area contributed by atoms with E-state index in [9.17, 15) is 0 Å². The minimum Gasteiger partial charge on any atom is -0.384 e. The molecule has 4 nitrogen and oxygen atoms in total. The molecule has 1 saturated carbocycles. The fourth-order valence-electron chi connectivity index (χ4n) is 1.91. The van der Waals surface area contributed by atoms with Gasteiger partial charge in [0.25, 0.3) is 0 Å². The van der Waals surface area contributed by atoms with E-state index in [1.807, 2.05) is 12.1 Å². The van der Waals surface area contributed by atoms with E-state index in [-0.39, 0.29) is 5.84 Å². The molecule has 3 N–H and O–H groups in total. The topological polar surface area (TPSA) is 66.0 Å². The van der Waals surface area contributed by atoms with Gasteiger partial charge in [-0.3, -0.25) is 5.41 Å². The monoisotopic (exact) mass is 232 g/mol.